The van der Waals surface area contributed by atoms with Crippen molar-refractivity contribution in [3.8, 4) is 11.1 Å². The number of Topliss-reactive ketones (excluding diaryl/α,β-unsaturated/α-hetero) is 1. The van der Waals surface area contributed by atoms with Crippen LogP contribution >= 0.6 is 0 Å². The van der Waals surface area contributed by atoms with Crippen LogP contribution in [-0.4, -0.2) is 53.6 Å². The molecule has 1 aliphatic heterocycles. The average molecular weight is 481 g/mol. The third kappa shape index (κ3) is 6.99. The molecule has 1 fully saturated rings. The van der Waals surface area contributed by atoms with Gasteiger partial charge in [0.15, 0.2) is 11.4 Å². The fraction of sp³-hybridized carbons (Fsp3) is 0.464. The lowest BCUT2D eigenvalue weighted by atomic mass is 9.92. The third-order valence-electron chi connectivity index (χ3n) is 6.24. The Kier molecular flexibility index (Phi) is 9.18. The molecule has 0 spiro atoms. The maximum Gasteiger partial charge on any atom is 0.251 e. The Morgan fingerprint density at radius 2 is 1.69 bits per heavy atom. The first kappa shape index (κ1) is 26.6. The molecule has 0 aliphatic carbocycles. The third-order valence-corrected chi connectivity index (χ3v) is 6.24. The SMILES string of the molecule is CCCC[C@H](NC(=O)c1cccc(-c2ccccc2)c1)C(=O)NC(CC(C)C)C(=O)C1(CO)CO1. The molecule has 1 heterocycles. The first-order valence-corrected chi connectivity index (χ1v) is 12.4. The Balaban J connectivity index is 1.74. The monoisotopic (exact) mass is 480 g/mol. The van der Waals surface area contributed by atoms with Crippen LogP contribution in [0.15, 0.2) is 54.6 Å². The van der Waals surface area contributed by atoms with Gasteiger partial charge >= 0.3 is 0 Å². The zero-order chi connectivity index (χ0) is 25.4. The molecule has 7 nitrogen and oxygen atoms in total. The summed E-state index contributed by atoms with van der Waals surface area (Å²) in [6.45, 7) is 5.68. The Hall–Kier alpha value is -3.03. The maximum atomic E-state index is 13.3. The number of ether oxygens (including phenoxy) is 1. The molecule has 2 aromatic rings. The van der Waals surface area contributed by atoms with Gasteiger partial charge in [-0.2, -0.15) is 0 Å². The van der Waals surface area contributed by atoms with Gasteiger partial charge in [-0.25, -0.2) is 0 Å². The summed E-state index contributed by atoms with van der Waals surface area (Å²) in [5.41, 5.74) is 1.15. The summed E-state index contributed by atoms with van der Waals surface area (Å²) < 4.78 is 5.23. The number of carbonyl (C=O) groups is 3. The van der Waals surface area contributed by atoms with Crippen molar-refractivity contribution in [2.24, 2.45) is 5.92 Å². The highest BCUT2D eigenvalue weighted by Gasteiger charge is 2.54. The van der Waals surface area contributed by atoms with Gasteiger partial charge in [0.2, 0.25) is 5.91 Å². The van der Waals surface area contributed by atoms with Gasteiger partial charge < -0.3 is 20.5 Å². The van der Waals surface area contributed by atoms with Crippen LogP contribution in [0.5, 0.6) is 0 Å². The van der Waals surface area contributed by atoms with E-state index in [4.69, 9.17) is 4.74 Å². The summed E-state index contributed by atoms with van der Waals surface area (Å²) >= 11 is 0. The fourth-order valence-corrected chi connectivity index (χ4v) is 4.08. The van der Waals surface area contributed by atoms with Crippen LogP contribution in [0.4, 0.5) is 0 Å². The van der Waals surface area contributed by atoms with Crippen molar-refractivity contribution < 1.29 is 24.2 Å². The summed E-state index contributed by atoms with van der Waals surface area (Å²) in [6, 6.07) is 15.5. The molecule has 188 valence electrons. The molecule has 0 aromatic heterocycles. The smallest absolute Gasteiger partial charge is 0.251 e. The number of aliphatic hydroxyl groups is 1. The second-order valence-corrected chi connectivity index (χ2v) is 9.61. The summed E-state index contributed by atoms with van der Waals surface area (Å²) in [6.07, 6.45) is 2.48. The minimum atomic E-state index is -1.22. The molecule has 0 saturated carbocycles. The molecule has 35 heavy (non-hydrogen) atoms. The molecular weight excluding hydrogens is 444 g/mol. The van der Waals surface area contributed by atoms with Crippen LogP contribution in [0.25, 0.3) is 11.1 Å². The van der Waals surface area contributed by atoms with Crippen molar-refractivity contribution in [1.29, 1.82) is 0 Å². The predicted octanol–water partition coefficient (Wildman–Crippen LogP) is 3.50. The van der Waals surface area contributed by atoms with Gasteiger partial charge in [0.1, 0.15) is 6.04 Å². The van der Waals surface area contributed by atoms with Gasteiger partial charge in [0.25, 0.3) is 5.91 Å². The summed E-state index contributed by atoms with van der Waals surface area (Å²) in [7, 11) is 0. The van der Waals surface area contributed by atoms with E-state index in [-0.39, 0.29) is 24.2 Å². The number of rotatable bonds is 13. The second kappa shape index (κ2) is 12.1. The molecule has 1 saturated heterocycles. The molecule has 0 radical (unpaired) electrons. The number of carbonyl (C=O) groups excluding carboxylic acids is 3. The molecule has 2 unspecified atom stereocenters. The van der Waals surface area contributed by atoms with Crippen LogP contribution in [-0.2, 0) is 14.3 Å². The number of hydrogen-bond acceptors (Lipinski definition) is 5. The Morgan fingerprint density at radius 1 is 1.00 bits per heavy atom. The minimum Gasteiger partial charge on any atom is -0.393 e. The molecule has 2 aromatic carbocycles. The van der Waals surface area contributed by atoms with Gasteiger partial charge in [0.05, 0.1) is 19.3 Å². The number of nitrogens with one attached hydrogen (secondary N) is 2. The van der Waals surface area contributed by atoms with Crippen molar-refractivity contribution in [3.63, 3.8) is 0 Å². The number of benzene rings is 2. The van der Waals surface area contributed by atoms with E-state index in [1.807, 2.05) is 63.2 Å². The first-order valence-electron chi connectivity index (χ1n) is 12.4. The topological polar surface area (TPSA) is 108 Å². The van der Waals surface area contributed by atoms with Gasteiger partial charge in [-0.15, -0.1) is 0 Å². The number of amides is 2. The number of hydrogen-bond donors (Lipinski definition) is 3. The van der Waals surface area contributed by atoms with Crippen LogP contribution in [0.3, 0.4) is 0 Å². The van der Waals surface area contributed by atoms with Crippen molar-refractivity contribution in [1.82, 2.24) is 10.6 Å². The Bertz CT molecular complexity index is 1020. The molecule has 3 N–H and O–H groups in total. The molecule has 3 atom stereocenters. The van der Waals surface area contributed by atoms with Crippen molar-refractivity contribution in [3.05, 3.63) is 60.2 Å². The highest BCUT2D eigenvalue weighted by atomic mass is 16.6. The minimum absolute atomic E-state index is 0.142. The number of epoxide rings is 1. The largest absolute Gasteiger partial charge is 0.393 e. The standard InChI is InChI=1S/C28H36N2O5/c1-4-5-14-23(27(34)30-24(15-19(2)3)25(32)28(17-31)18-35-28)29-26(33)22-13-9-12-21(16-22)20-10-7-6-8-11-20/h6-13,16,19,23-24,31H,4-5,14-15,17-18H2,1-3H3,(H,29,33)(H,30,34)/t23-,24?,28?/m0/s1. The fourth-order valence-electron chi connectivity index (χ4n) is 4.08. The van der Waals surface area contributed by atoms with E-state index in [0.29, 0.717) is 18.4 Å². The van der Waals surface area contributed by atoms with E-state index < -0.39 is 30.2 Å². The van der Waals surface area contributed by atoms with Crippen molar-refractivity contribution in [2.75, 3.05) is 13.2 Å². The predicted molar refractivity (Wildman–Crippen MR) is 135 cm³/mol. The van der Waals surface area contributed by atoms with Crippen LogP contribution in [0.2, 0.25) is 0 Å². The second-order valence-electron chi connectivity index (χ2n) is 9.61. The van der Waals surface area contributed by atoms with E-state index in [2.05, 4.69) is 10.6 Å². The van der Waals surface area contributed by atoms with Gasteiger partial charge in [-0.3, -0.25) is 14.4 Å². The van der Waals surface area contributed by atoms with Gasteiger partial charge in [0, 0.05) is 5.56 Å². The number of aliphatic hydroxyl groups excluding tert-OH is 1. The molecule has 1 aliphatic rings. The first-order chi connectivity index (χ1) is 16.8. The summed E-state index contributed by atoms with van der Waals surface area (Å²) in [5, 5.41) is 15.3. The Morgan fingerprint density at radius 3 is 2.29 bits per heavy atom. The van der Waals surface area contributed by atoms with E-state index in [9.17, 15) is 19.5 Å². The highest BCUT2D eigenvalue weighted by molar-refractivity contribution is 6.00. The number of unbranched alkanes of at least 4 members (excludes halogenated alkanes) is 1. The highest BCUT2D eigenvalue weighted by Crippen LogP contribution is 2.30. The normalized spacial score (nSPS) is 18.5. The van der Waals surface area contributed by atoms with E-state index in [1.165, 1.54) is 0 Å². The van der Waals surface area contributed by atoms with Crippen LogP contribution < -0.4 is 10.6 Å². The molecule has 0 bridgehead atoms. The lowest BCUT2D eigenvalue weighted by Crippen LogP contribution is -2.54. The van der Waals surface area contributed by atoms with Crippen molar-refractivity contribution >= 4 is 17.6 Å². The lowest BCUT2D eigenvalue weighted by Gasteiger charge is -2.25. The summed E-state index contributed by atoms with van der Waals surface area (Å²) in [4.78, 5) is 39.4. The van der Waals surface area contributed by atoms with Gasteiger partial charge in [-0.05, 0) is 42.0 Å². The van der Waals surface area contributed by atoms with Crippen LogP contribution in [0, 0.1) is 5.92 Å². The molecule has 2 amide bonds. The van der Waals surface area contributed by atoms with E-state index in [0.717, 1.165) is 24.0 Å². The quantitative estimate of drug-likeness (QED) is 0.380. The molecular formula is C28H36N2O5. The molecule has 7 heteroatoms. The van der Waals surface area contributed by atoms with Gasteiger partial charge in [-0.1, -0.05) is 76.1 Å². The number of ketones is 1. The van der Waals surface area contributed by atoms with E-state index >= 15 is 0 Å². The lowest BCUT2D eigenvalue weighted by molar-refractivity contribution is -0.133. The van der Waals surface area contributed by atoms with E-state index in [1.54, 1.807) is 12.1 Å². The van der Waals surface area contributed by atoms with Crippen molar-refractivity contribution in [2.45, 2.75) is 64.1 Å². The van der Waals surface area contributed by atoms with Crippen LogP contribution in [0.1, 0.15) is 56.8 Å². The maximum absolute atomic E-state index is 13.3. The zero-order valence-corrected chi connectivity index (χ0v) is 20.8. The zero-order valence-electron chi connectivity index (χ0n) is 20.8. The summed E-state index contributed by atoms with van der Waals surface area (Å²) in [5.74, 6) is -0.928. The Labute approximate surface area is 207 Å². The molecule has 3 rings (SSSR count). The average Bonchev–Trinajstić information content (AvgIpc) is 3.67.